The van der Waals surface area contributed by atoms with Crippen LogP contribution in [0.4, 0.5) is 24.5 Å². The molecule has 112 valence electrons. The third-order valence-corrected chi connectivity index (χ3v) is 2.92. The first-order chi connectivity index (χ1) is 9.79. The minimum Gasteiger partial charge on any atom is -0.397 e. The molecular formula is C13H13F3N4O. The predicted molar refractivity (Wildman–Crippen MR) is 71.4 cm³/mol. The van der Waals surface area contributed by atoms with Crippen LogP contribution in [0.25, 0.3) is 0 Å². The lowest BCUT2D eigenvalue weighted by atomic mass is 10.2. The number of aromatic nitrogens is 2. The monoisotopic (exact) mass is 298 g/mol. The summed E-state index contributed by atoms with van der Waals surface area (Å²) >= 11 is 0. The summed E-state index contributed by atoms with van der Waals surface area (Å²) in [4.78, 5) is 12.0. The topological polar surface area (TPSA) is 72.9 Å². The van der Waals surface area contributed by atoms with E-state index in [1.165, 1.54) is 6.92 Å². The average Bonchev–Trinajstić information content (AvgIpc) is 2.90. The van der Waals surface area contributed by atoms with Crippen molar-refractivity contribution < 1.29 is 18.0 Å². The summed E-state index contributed by atoms with van der Waals surface area (Å²) in [6, 6.07) is 5.70. The molecule has 0 fully saturated rings. The molecular weight excluding hydrogens is 285 g/mol. The molecule has 1 heterocycles. The number of anilines is 2. The predicted octanol–water partition coefficient (Wildman–Crippen LogP) is 2.68. The first kappa shape index (κ1) is 14.9. The number of halogens is 3. The molecule has 0 saturated carbocycles. The van der Waals surface area contributed by atoms with Gasteiger partial charge in [-0.15, -0.1) is 0 Å². The summed E-state index contributed by atoms with van der Waals surface area (Å²) in [6.07, 6.45) is -3.02. The van der Waals surface area contributed by atoms with E-state index >= 15 is 0 Å². The van der Waals surface area contributed by atoms with Gasteiger partial charge in [-0.1, -0.05) is 12.1 Å². The highest BCUT2D eigenvalue weighted by molar-refractivity contribution is 5.96. The van der Waals surface area contributed by atoms with Gasteiger partial charge in [0.25, 0.3) is 0 Å². The Labute approximate surface area is 118 Å². The molecule has 1 aromatic heterocycles. The molecule has 0 spiro atoms. The SMILES string of the molecule is CC(C(=O)Nc1ccccc1N)n1cc(C(F)(F)F)cn1. The van der Waals surface area contributed by atoms with E-state index in [4.69, 9.17) is 5.73 Å². The zero-order valence-electron chi connectivity index (χ0n) is 11.1. The van der Waals surface area contributed by atoms with Crippen LogP contribution in [0.3, 0.4) is 0 Å². The number of amides is 1. The van der Waals surface area contributed by atoms with Crippen molar-refractivity contribution in [1.82, 2.24) is 9.78 Å². The molecule has 0 aliphatic heterocycles. The van der Waals surface area contributed by atoms with Crippen LogP contribution in [0.5, 0.6) is 0 Å². The van der Waals surface area contributed by atoms with Gasteiger partial charge < -0.3 is 11.1 Å². The molecule has 0 radical (unpaired) electrons. The molecule has 2 aromatic rings. The number of hydrogen-bond donors (Lipinski definition) is 2. The van der Waals surface area contributed by atoms with Crippen molar-refractivity contribution in [2.24, 2.45) is 0 Å². The molecule has 21 heavy (non-hydrogen) atoms. The highest BCUT2D eigenvalue weighted by Crippen LogP contribution is 2.29. The van der Waals surface area contributed by atoms with Gasteiger partial charge in [0.05, 0.1) is 23.1 Å². The number of para-hydroxylation sites is 2. The molecule has 1 unspecified atom stereocenters. The van der Waals surface area contributed by atoms with Gasteiger partial charge >= 0.3 is 6.18 Å². The normalized spacial score (nSPS) is 13.0. The maximum atomic E-state index is 12.5. The smallest absolute Gasteiger partial charge is 0.397 e. The minimum atomic E-state index is -4.49. The third-order valence-electron chi connectivity index (χ3n) is 2.92. The third kappa shape index (κ3) is 3.33. The number of carbonyl (C=O) groups excluding carboxylic acids is 1. The Morgan fingerprint density at radius 3 is 2.62 bits per heavy atom. The summed E-state index contributed by atoms with van der Waals surface area (Å²) in [5.74, 6) is -0.510. The molecule has 5 nitrogen and oxygen atoms in total. The Kier molecular flexibility index (Phi) is 3.88. The van der Waals surface area contributed by atoms with Crippen LogP contribution in [0.1, 0.15) is 18.5 Å². The van der Waals surface area contributed by atoms with Gasteiger partial charge in [0.2, 0.25) is 5.91 Å². The lowest BCUT2D eigenvalue weighted by Gasteiger charge is -2.14. The van der Waals surface area contributed by atoms with Crippen molar-refractivity contribution in [3.8, 4) is 0 Å². The first-order valence-electron chi connectivity index (χ1n) is 6.06. The van der Waals surface area contributed by atoms with Crippen LogP contribution in [0.2, 0.25) is 0 Å². The zero-order valence-corrected chi connectivity index (χ0v) is 11.1. The Morgan fingerprint density at radius 1 is 1.38 bits per heavy atom. The first-order valence-corrected chi connectivity index (χ1v) is 6.06. The summed E-state index contributed by atoms with van der Waals surface area (Å²) in [5, 5.41) is 6.12. The average molecular weight is 298 g/mol. The molecule has 1 amide bonds. The molecule has 2 rings (SSSR count). The molecule has 0 bridgehead atoms. The van der Waals surface area contributed by atoms with Gasteiger partial charge in [-0.3, -0.25) is 9.48 Å². The second-order valence-electron chi connectivity index (χ2n) is 4.46. The van der Waals surface area contributed by atoms with E-state index in [1.807, 2.05) is 0 Å². The van der Waals surface area contributed by atoms with E-state index in [-0.39, 0.29) is 0 Å². The van der Waals surface area contributed by atoms with E-state index in [0.717, 1.165) is 10.9 Å². The molecule has 0 aliphatic rings. The Hall–Kier alpha value is -2.51. The maximum absolute atomic E-state index is 12.5. The van der Waals surface area contributed by atoms with E-state index in [9.17, 15) is 18.0 Å². The highest BCUT2D eigenvalue weighted by Gasteiger charge is 2.33. The number of nitrogens with two attached hydrogens (primary N) is 1. The zero-order chi connectivity index (χ0) is 15.6. The fraction of sp³-hybridized carbons (Fsp3) is 0.231. The van der Waals surface area contributed by atoms with Crippen molar-refractivity contribution in [2.75, 3.05) is 11.1 Å². The van der Waals surface area contributed by atoms with Crippen molar-refractivity contribution >= 4 is 17.3 Å². The second-order valence-corrected chi connectivity index (χ2v) is 4.46. The fourth-order valence-corrected chi connectivity index (χ4v) is 1.66. The van der Waals surface area contributed by atoms with Crippen LogP contribution < -0.4 is 11.1 Å². The quantitative estimate of drug-likeness (QED) is 0.856. The minimum absolute atomic E-state index is 0.370. The van der Waals surface area contributed by atoms with Gasteiger partial charge in [0.1, 0.15) is 6.04 Å². The van der Waals surface area contributed by atoms with Crippen molar-refractivity contribution in [1.29, 1.82) is 0 Å². The Bertz CT molecular complexity index is 651. The van der Waals surface area contributed by atoms with Gasteiger partial charge in [-0.2, -0.15) is 18.3 Å². The number of nitrogens with one attached hydrogen (secondary N) is 1. The van der Waals surface area contributed by atoms with Crippen molar-refractivity contribution in [3.05, 3.63) is 42.2 Å². The van der Waals surface area contributed by atoms with E-state index in [0.29, 0.717) is 17.6 Å². The second kappa shape index (κ2) is 5.47. The fourth-order valence-electron chi connectivity index (χ4n) is 1.66. The van der Waals surface area contributed by atoms with Crippen LogP contribution >= 0.6 is 0 Å². The molecule has 0 aliphatic carbocycles. The van der Waals surface area contributed by atoms with Gasteiger partial charge in [0, 0.05) is 6.20 Å². The Morgan fingerprint density at radius 2 is 2.05 bits per heavy atom. The number of hydrogen-bond acceptors (Lipinski definition) is 3. The molecule has 0 saturated heterocycles. The standard InChI is InChI=1S/C13H13F3N4O/c1-8(20-7-9(6-18-20)13(14,15)16)12(21)19-11-5-3-2-4-10(11)17/h2-8H,17H2,1H3,(H,19,21). The number of nitrogens with zero attached hydrogens (tertiary/aromatic N) is 2. The Balaban J connectivity index is 2.13. The van der Waals surface area contributed by atoms with E-state index in [2.05, 4.69) is 10.4 Å². The summed E-state index contributed by atoms with van der Waals surface area (Å²) in [5.41, 5.74) is 5.55. The number of carbonyl (C=O) groups is 1. The lowest BCUT2D eigenvalue weighted by Crippen LogP contribution is -2.24. The molecule has 8 heteroatoms. The summed E-state index contributed by atoms with van der Waals surface area (Å²) in [7, 11) is 0. The van der Waals surface area contributed by atoms with Crippen LogP contribution in [-0.4, -0.2) is 15.7 Å². The van der Waals surface area contributed by atoms with Gasteiger partial charge in [-0.25, -0.2) is 0 Å². The number of nitrogen functional groups attached to an aromatic ring is 1. The maximum Gasteiger partial charge on any atom is 0.419 e. The largest absolute Gasteiger partial charge is 0.419 e. The molecule has 3 N–H and O–H groups in total. The summed E-state index contributed by atoms with van der Waals surface area (Å²) < 4.78 is 38.4. The van der Waals surface area contributed by atoms with Crippen LogP contribution in [0, 0.1) is 0 Å². The lowest BCUT2D eigenvalue weighted by molar-refractivity contribution is -0.137. The molecule has 1 atom stereocenters. The van der Waals surface area contributed by atoms with Crippen LogP contribution in [0.15, 0.2) is 36.7 Å². The van der Waals surface area contributed by atoms with Gasteiger partial charge in [-0.05, 0) is 19.1 Å². The van der Waals surface area contributed by atoms with Crippen molar-refractivity contribution in [2.45, 2.75) is 19.1 Å². The number of alkyl halides is 3. The van der Waals surface area contributed by atoms with Gasteiger partial charge in [0.15, 0.2) is 0 Å². The van der Waals surface area contributed by atoms with E-state index in [1.54, 1.807) is 24.3 Å². The summed E-state index contributed by atoms with van der Waals surface area (Å²) in [6.45, 7) is 1.45. The number of benzene rings is 1. The highest BCUT2D eigenvalue weighted by atomic mass is 19.4. The molecule has 1 aromatic carbocycles. The van der Waals surface area contributed by atoms with Crippen LogP contribution in [-0.2, 0) is 11.0 Å². The van der Waals surface area contributed by atoms with Crippen molar-refractivity contribution in [3.63, 3.8) is 0 Å². The number of rotatable bonds is 3. The van der Waals surface area contributed by atoms with E-state index < -0.39 is 23.7 Å².